The van der Waals surface area contributed by atoms with Crippen LogP contribution in [0.5, 0.6) is 0 Å². The summed E-state index contributed by atoms with van der Waals surface area (Å²) in [5.41, 5.74) is 0. The van der Waals surface area contributed by atoms with Crippen LogP contribution in [0.3, 0.4) is 0 Å². The maximum absolute atomic E-state index is 11.7. The van der Waals surface area contributed by atoms with Crippen molar-refractivity contribution in [1.29, 1.82) is 0 Å². The van der Waals surface area contributed by atoms with E-state index in [2.05, 4.69) is 17.1 Å². The number of likely N-dealkylation sites (tertiary alicyclic amines) is 1. The van der Waals surface area contributed by atoms with Crippen molar-refractivity contribution in [3.8, 4) is 0 Å². The molecule has 2 unspecified atom stereocenters. The molecule has 0 aromatic heterocycles. The quantitative estimate of drug-likeness (QED) is 0.814. The molecule has 92 valence electrons. The van der Waals surface area contributed by atoms with Crippen LogP contribution < -0.4 is 5.32 Å². The number of halogens is 1. The molecule has 3 rings (SSSR count). The van der Waals surface area contributed by atoms with Crippen LogP contribution >= 0.6 is 12.4 Å². The van der Waals surface area contributed by atoms with E-state index in [1.165, 1.54) is 25.7 Å². The molecule has 2 saturated carbocycles. The van der Waals surface area contributed by atoms with E-state index in [0.717, 1.165) is 18.9 Å². The second kappa shape index (κ2) is 4.53. The Morgan fingerprint density at radius 3 is 2.56 bits per heavy atom. The van der Waals surface area contributed by atoms with Gasteiger partial charge in [0.05, 0.1) is 0 Å². The first-order chi connectivity index (χ1) is 7.24. The summed E-state index contributed by atoms with van der Waals surface area (Å²) >= 11 is 0. The summed E-state index contributed by atoms with van der Waals surface area (Å²) in [6, 6.07) is 1.64. The number of nitrogens with zero attached hydrogens (tertiary/aromatic N) is 1. The molecule has 3 fully saturated rings. The molecule has 4 heteroatoms. The number of carbonyl (C=O) groups is 1. The van der Waals surface area contributed by atoms with E-state index in [0.29, 0.717) is 24.0 Å². The van der Waals surface area contributed by atoms with Crippen molar-refractivity contribution < 1.29 is 4.79 Å². The van der Waals surface area contributed by atoms with Crippen molar-refractivity contribution in [3.63, 3.8) is 0 Å². The zero-order valence-electron chi connectivity index (χ0n) is 9.82. The molecule has 3 nitrogen and oxygen atoms in total. The molecular weight excluding hydrogens is 224 g/mol. The molecule has 1 heterocycles. The van der Waals surface area contributed by atoms with Crippen molar-refractivity contribution >= 4 is 18.3 Å². The molecule has 2 atom stereocenters. The van der Waals surface area contributed by atoms with Gasteiger partial charge in [-0.15, -0.1) is 12.4 Å². The molecule has 3 aliphatic rings. The first kappa shape index (κ1) is 12.2. The van der Waals surface area contributed by atoms with Crippen LogP contribution in [0.25, 0.3) is 0 Å². The summed E-state index contributed by atoms with van der Waals surface area (Å²) in [7, 11) is 0. The van der Waals surface area contributed by atoms with Crippen LogP contribution in [0.4, 0.5) is 0 Å². The third kappa shape index (κ3) is 2.51. The lowest BCUT2D eigenvalue weighted by Gasteiger charge is -2.19. The Kier molecular flexibility index (Phi) is 3.45. The van der Waals surface area contributed by atoms with Gasteiger partial charge >= 0.3 is 0 Å². The average molecular weight is 245 g/mol. The van der Waals surface area contributed by atoms with Gasteiger partial charge in [0.15, 0.2) is 0 Å². The predicted molar refractivity (Wildman–Crippen MR) is 65.7 cm³/mol. The molecule has 0 spiro atoms. The van der Waals surface area contributed by atoms with Gasteiger partial charge in [0.2, 0.25) is 5.91 Å². The highest BCUT2D eigenvalue weighted by molar-refractivity contribution is 5.85. The predicted octanol–water partition coefficient (Wildman–Crippen LogP) is 1.56. The van der Waals surface area contributed by atoms with E-state index < -0.39 is 0 Å². The minimum atomic E-state index is 0. The summed E-state index contributed by atoms with van der Waals surface area (Å²) in [6.45, 7) is 3.22. The van der Waals surface area contributed by atoms with Crippen LogP contribution in [0, 0.1) is 5.92 Å². The lowest BCUT2D eigenvalue weighted by atomic mass is 10.1. The van der Waals surface area contributed by atoms with E-state index in [9.17, 15) is 4.79 Å². The highest BCUT2D eigenvalue weighted by atomic mass is 35.5. The molecule has 1 saturated heterocycles. The van der Waals surface area contributed by atoms with Crippen molar-refractivity contribution in [2.24, 2.45) is 5.92 Å². The Hall–Kier alpha value is -0.280. The molecule has 1 aliphatic heterocycles. The molecule has 2 aliphatic carbocycles. The summed E-state index contributed by atoms with van der Waals surface area (Å²) in [5.74, 6) is 1.26. The van der Waals surface area contributed by atoms with Crippen LogP contribution in [0.15, 0.2) is 0 Å². The summed E-state index contributed by atoms with van der Waals surface area (Å²) in [5, 5.41) is 3.62. The number of amides is 1. The van der Waals surface area contributed by atoms with Gasteiger partial charge in [0.25, 0.3) is 0 Å². The van der Waals surface area contributed by atoms with Gasteiger partial charge < -0.3 is 10.2 Å². The molecule has 1 amide bonds. The maximum Gasteiger partial charge on any atom is 0.224 e. The Bertz CT molecular complexity index is 276. The molecule has 1 N–H and O–H groups in total. The second-order valence-electron chi connectivity index (χ2n) is 5.47. The summed E-state index contributed by atoms with van der Waals surface area (Å²) in [6.07, 6.45) is 5.95. The lowest BCUT2D eigenvalue weighted by Crippen LogP contribution is -2.39. The standard InChI is InChI=1S/C12H20N2O.ClH/c1-8(9-2-3-9)13-10-6-12(15)14(7-10)11-4-5-11;/h8-11,13H,2-7H2,1H3;1H. The van der Waals surface area contributed by atoms with E-state index in [1.807, 2.05) is 0 Å². The first-order valence-electron chi connectivity index (χ1n) is 6.29. The fraction of sp³-hybridized carbons (Fsp3) is 0.917. The maximum atomic E-state index is 11.7. The highest BCUT2D eigenvalue weighted by Gasteiger charge is 2.40. The molecule has 16 heavy (non-hydrogen) atoms. The average Bonchev–Trinajstić information content (AvgIpc) is 3.07. The van der Waals surface area contributed by atoms with Crippen molar-refractivity contribution in [2.75, 3.05) is 6.54 Å². The Balaban J connectivity index is 0.000000963. The fourth-order valence-electron chi connectivity index (χ4n) is 2.69. The van der Waals surface area contributed by atoms with E-state index >= 15 is 0 Å². The molecular formula is C12H21ClN2O. The largest absolute Gasteiger partial charge is 0.338 e. The molecule has 0 aromatic rings. The van der Waals surface area contributed by atoms with Crippen LogP contribution in [0.1, 0.15) is 39.0 Å². The van der Waals surface area contributed by atoms with E-state index in [4.69, 9.17) is 0 Å². The highest BCUT2D eigenvalue weighted by Crippen LogP contribution is 2.34. The summed E-state index contributed by atoms with van der Waals surface area (Å²) < 4.78 is 0. The normalized spacial score (nSPS) is 31.4. The second-order valence-corrected chi connectivity index (χ2v) is 5.47. The SMILES string of the molecule is CC(NC1CC(=O)N(C2CC2)C1)C1CC1.Cl. The van der Waals surface area contributed by atoms with Crippen LogP contribution in [-0.4, -0.2) is 35.5 Å². The zero-order valence-corrected chi connectivity index (χ0v) is 10.6. The van der Waals surface area contributed by atoms with Gasteiger partial charge in [-0.1, -0.05) is 0 Å². The molecule has 0 radical (unpaired) electrons. The Morgan fingerprint density at radius 2 is 2.00 bits per heavy atom. The first-order valence-corrected chi connectivity index (χ1v) is 6.29. The number of carbonyl (C=O) groups excluding carboxylic acids is 1. The van der Waals surface area contributed by atoms with Crippen LogP contribution in [-0.2, 0) is 4.79 Å². The number of rotatable bonds is 4. The monoisotopic (exact) mass is 244 g/mol. The van der Waals surface area contributed by atoms with E-state index in [1.54, 1.807) is 0 Å². The van der Waals surface area contributed by atoms with Gasteiger partial charge in [0.1, 0.15) is 0 Å². The number of hydrogen-bond acceptors (Lipinski definition) is 2. The van der Waals surface area contributed by atoms with Gasteiger partial charge in [-0.05, 0) is 38.5 Å². The van der Waals surface area contributed by atoms with Crippen molar-refractivity contribution in [3.05, 3.63) is 0 Å². The molecule has 0 bridgehead atoms. The zero-order chi connectivity index (χ0) is 10.4. The minimum absolute atomic E-state index is 0. The Labute approximate surface area is 103 Å². The number of nitrogens with one attached hydrogen (secondary N) is 1. The third-order valence-electron chi connectivity index (χ3n) is 3.97. The third-order valence-corrected chi connectivity index (χ3v) is 3.97. The summed E-state index contributed by atoms with van der Waals surface area (Å²) in [4.78, 5) is 13.8. The van der Waals surface area contributed by atoms with Gasteiger partial charge in [-0.3, -0.25) is 4.79 Å². The van der Waals surface area contributed by atoms with Gasteiger partial charge in [-0.2, -0.15) is 0 Å². The van der Waals surface area contributed by atoms with Crippen molar-refractivity contribution in [2.45, 2.75) is 57.2 Å². The van der Waals surface area contributed by atoms with Gasteiger partial charge in [0, 0.05) is 31.1 Å². The Morgan fingerprint density at radius 1 is 1.31 bits per heavy atom. The molecule has 0 aromatic carbocycles. The van der Waals surface area contributed by atoms with E-state index in [-0.39, 0.29) is 12.4 Å². The lowest BCUT2D eigenvalue weighted by molar-refractivity contribution is -0.128. The van der Waals surface area contributed by atoms with Gasteiger partial charge in [-0.25, -0.2) is 0 Å². The smallest absolute Gasteiger partial charge is 0.224 e. The van der Waals surface area contributed by atoms with Crippen molar-refractivity contribution in [1.82, 2.24) is 10.2 Å². The topological polar surface area (TPSA) is 32.3 Å². The number of hydrogen-bond donors (Lipinski definition) is 1. The minimum Gasteiger partial charge on any atom is -0.338 e. The van der Waals surface area contributed by atoms with Crippen LogP contribution in [0.2, 0.25) is 0 Å². The fourth-order valence-corrected chi connectivity index (χ4v) is 2.69.